The second-order valence-corrected chi connectivity index (χ2v) is 6.78. The number of hydrogen-bond donors (Lipinski definition) is 2. The monoisotopic (exact) mass is 334 g/mol. The van der Waals surface area contributed by atoms with Crippen LogP contribution in [-0.2, 0) is 4.79 Å². The van der Waals surface area contributed by atoms with Gasteiger partial charge in [0.15, 0.2) is 11.5 Å². The zero-order chi connectivity index (χ0) is 16.4. The molecule has 0 saturated carbocycles. The molecule has 23 heavy (non-hydrogen) atoms. The summed E-state index contributed by atoms with van der Waals surface area (Å²) in [4.78, 5) is 16.7. The van der Waals surface area contributed by atoms with Crippen molar-refractivity contribution in [2.75, 3.05) is 12.1 Å². The van der Waals surface area contributed by atoms with Crippen LogP contribution in [0.2, 0.25) is 0 Å². The van der Waals surface area contributed by atoms with Gasteiger partial charge >= 0.3 is 0 Å². The van der Waals surface area contributed by atoms with Gasteiger partial charge in [-0.1, -0.05) is 25.6 Å². The van der Waals surface area contributed by atoms with Gasteiger partial charge in [-0.05, 0) is 19.1 Å². The number of aromatic nitrogens is 3. The number of rotatable bonds is 5. The molecule has 122 valence electrons. The Balaban J connectivity index is 1.60. The first-order valence-electron chi connectivity index (χ1n) is 7.32. The van der Waals surface area contributed by atoms with Crippen LogP contribution in [0.15, 0.2) is 23.4 Å². The highest BCUT2D eigenvalue weighted by atomic mass is 32.2. The largest absolute Gasteiger partial charge is 0.454 e. The Morgan fingerprint density at radius 3 is 2.83 bits per heavy atom. The summed E-state index contributed by atoms with van der Waals surface area (Å²) >= 11 is 1.31. The minimum Gasteiger partial charge on any atom is -0.454 e. The maximum absolute atomic E-state index is 12.3. The highest BCUT2D eigenvalue weighted by Gasteiger charge is 2.19. The van der Waals surface area contributed by atoms with Crippen molar-refractivity contribution in [2.45, 2.75) is 37.1 Å². The Morgan fingerprint density at radius 2 is 2.09 bits per heavy atom. The van der Waals surface area contributed by atoms with E-state index in [0.29, 0.717) is 22.3 Å². The third-order valence-corrected chi connectivity index (χ3v) is 4.28. The number of carbonyl (C=O) groups is 1. The molecular formula is C15H18N4O3S. The second kappa shape index (κ2) is 6.49. The molecule has 0 spiro atoms. The van der Waals surface area contributed by atoms with Crippen LogP contribution in [0.25, 0.3) is 0 Å². The lowest BCUT2D eigenvalue weighted by atomic mass is 10.2. The smallest absolute Gasteiger partial charge is 0.237 e. The summed E-state index contributed by atoms with van der Waals surface area (Å²) in [6, 6.07) is 5.31. The molecule has 2 N–H and O–H groups in total. The molecular weight excluding hydrogens is 316 g/mol. The topological polar surface area (TPSA) is 89.1 Å². The number of carbonyl (C=O) groups excluding carboxylic acids is 1. The van der Waals surface area contributed by atoms with Gasteiger partial charge in [0.25, 0.3) is 0 Å². The fourth-order valence-electron chi connectivity index (χ4n) is 2.00. The van der Waals surface area contributed by atoms with Crippen molar-refractivity contribution >= 4 is 23.4 Å². The number of ether oxygens (including phenoxy) is 2. The number of thioether (sulfide) groups is 1. The molecule has 8 heteroatoms. The first kappa shape index (κ1) is 15.7. The standard InChI is InChI=1S/C15H18N4O3S/c1-8(2)13-17-15(19-18-13)23-9(3)14(20)16-10-4-5-11-12(6-10)22-7-21-11/h4-6,8-9H,7H2,1-3H3,(H,16,20)(H,17,18,19)/t9-/m0/s1. The van der Waals surface area contributed by atoms with E-state index in [-0.39, 0.29) is 23.9 Å². The predicted octanol–water partition coefficient (Wildman–Crippen LogP) is 2.78. The number of fused-ring (bicyclic) bond motifs is 1. The summed E-state index contributed by atoms with van der Waals surface area (Å²) in [6.07, 6.45) is 0. The third-order valence-electron chi connectivity index (χ3n) is 3.32. The molecule has 1 amide bonds. The molecule has 1 aromatic carbocycles. The maximum atomic E-state index is 12.3. The van der Waals surface area contributed by atoms with Crippen LogP contribution in [0.3, 0.4) is 0 Å². The number of nitrogens with one attached hydrogen (secondary N) is 2. The van der Waals surface area contributed by atoms with Crippen molar-refractivity contribution in [3.05, 3.63) is 24.0 Å². The summed E-state index contributed by atoms with van der Waals surface area (Å²) in [5.74, 6) is 2.29. The first-order chi connectivity index (χ1) is 11.0. The van der Waals surface area contributed by atoms with Crippen molar-refractivity contribution in [1.29, 1.82) is 0 Å². The van der Waals surface area contributed by atoms with Gasteiger partial charge in [-0.15, -0.1) is 5.10 Å². The lowest BCUT2D eigenvalue weighted by Gasteiger charge is -2.10. The van der Waals surface area contributed by atoms with Gasteiger partial charge in [0.1, 0.15) is 5.82 Å². The molecule has 1 aliphatic heterocycles. The molecule has 2 aromatic rings. The van der Waals surface area contributed by atoms with E-state index in [1.165, 1.54) is 11.8 Å². The molecule has 0 saturated heterocycles. The summed E-state index contributed by atoms with van der Waals surface area (Å²) in [6.45, 7) is 6.09. The van der Waals surface area contributed by atoms with Gasteiger partial charge in [0.05, 0.1) is 5.25 Å². The second-order valence-electron chi connectivity index (χ2n) is 5.48. The molecule has 0 unspecified atom stereocenters. The zero-order valence-electron chi connectivity index (χ0n) is 13.1. The number of hydrogen-bond acceptors (Lipinski definition) is 6. The molecule has 0 bridgehead atoms. The van der Waals surface area contributed by atoms with Crippen molar-refractivity contribution < 1.29 is 14.3 Å². The Hall–Kier alpha value is -2.22. The van der Waals surface area contributed by atoms with Gasteiger partial charge in [-0.25, -0.2) is 4.98 Å². The first-order valence-corrected chi connectivity index (χ1v) is 8.20. The van der Waals surface area contributed by atoms with Crippen LogP contribution in [-0.4, -0.2) is 33.1 Å². The fraction of sp³-hybridized carbons (Fsp3) is 0.400. The number of anilines is 1. The van der Waals surface area contributed by atoms with Crippen molar-refractivity contribution in [3.8, 4) is 11.5 Å². The molecule has 3 rings (SSSR count). The van der Waals surface area contributed by atoms with E-state index in [2.05, 4.69) is 20.5 Å². The Labute approximate surface area is 138 Å². The molecule has 1 atom stereocenters. The minimum absolute atomic E-state index is 0.121. The fourth-order valence-corrected chi connectivity index (χ4v) is 2.73. The summed E-state index contributed by atoms with van der Waals surface area (Å²) in [7, 11) is 0. The van der Waals surface area contributed by atoms with E-state index >= 15 is 0 Å². The number of aromatic amines is 1. The summed E-state index contributed by atoms with van der Waals surface area (Å²) < 4.78 is 10.5. The predicted molar refractivity (Wildman–Crippen MR) is 87.0 cm³/mol. The summed E-state index contributed by atoms with van der Waals surface area (Å²) in [5, 5.41) is 10.1. The lowest BCUT2D eigenvalue weighted by molar-refractivity contribution is -0.115. The van der Waals surface area contributed by atoms with Crippen molar-refractivity contribution in [1.82, 2.24) is 15.2 Å². The van der Waals surface area contributed by atoms with E-state index in [0.717, 1.165) is 5.82 Å². The molecule has 1 aromatic heterocycles. The van der Waals surface area contributed by atoms with E-state index in [4.69, 9.17) is 9.47 Å². The minimum atomic E-state index is -0.323. The van der Waals surface area contributed by atoms with E-state index in [9.17, 15) is 4.79 Å². The van der Waals surface area contributed by atoms with Gasteiger partial charge in [-0.2, -0.15) is 0 Å². The highest BCUT2D eigenvalue weighted by Crippen LogP contribution is 2.34. The lowest BCUT2D eigenvalue weighted by Crippen LogP contribution is -2.22. The van der Waals surface area contributed by atoms with Crippen LogP contribution >= 0.6 is 11.8 Å². The maximum Gasteiger partial charge on any atom is 0.237 e. The van der Waals surface area contributed by atoms with Gasteiger partial charge in [-0.3, -0.25) is 9.89 Å². The van der Waals surface area contributed by atoms with E-state index < -0.39 is 0 Å². The van der Waals surface area contributed by atoms with Gasteiger partial charge in [0, 0.05) is 17.7 Å². The Kier molecular flexibility index (Phi) is 4.42. The third kappa shape index (κ3) is 3.58. The average Bonchev–Trinajstić information content (AvgIpc) is 3.15. The van der Waals surface area contributed by atoms with Crippen LogP contribution in [0.1, 0.15) is 32.5 Å². The van der Waals surface area contributed by atoms with Crippen LogP contribution < -0.4 is 14.8 Å². The van der Waals surface area contributed by atoms with Crippen molar-refractivity contribution in [3.63, 3.8) is 0 Å². The van der Waals surface area contributed by atoms with E-state index in [1.54, 1.807) is 18.2 Å². The van der Waals surface area contributed by atoms with Gasteiger partial charge < -0.3 is 14.8 Å². The SMILES string of the molecule is CC(C)c1nc(S[C@@H](C)C(=O)Nc2ccc3c(c2)OCO3)n[nH]1. The average molecular weight is 334 g/mol. The molecule has 2 heterocycles. The van der Waals surface area contributed by atoms with E-state index in [1.807, 2.05) is 20.8 Å². The summed E-state index contributed by atoms with van der Waals surface area (Å²) in [5.41, 5.74) is 0.671. The quantitative estimate of drug-likeness (QED) is 0.817. The molecule has 7 nitrogen and oxygen atoms in total. The van der Waals surface area contributed by atoms with Crippen LogP contribution in [0.4, 0.5) is 5.69 Å². The van der Waals surface area contributed by atoms with Gasteiger partial charge in [0.2, 0.25) is 17.9 Å². The molecule has 0 fully saturated rings. The normalized spacial score (nSPS) is 14.1. The molecule has 0 aliphatic carbocycles. The zero-order valence-corrected chi connectivity index (χ0v) is 13.9. The number of benzene rings is 1. The van der Waals surface area contributed by atoms with Crippen molar-refractivity contribution in [2.24, 2.45) is 0 Å². The Morgan fingerprint density at radius 1 is 1.30 bits per heavy atom. The number of amides is 1. The molecule has 1 aliphatic rings. The van der Waals surface area contributed by atoms with Crippen LogP contribution in [0.5, 0.6) is 11.5 Å². The number of nitrogens with zero attached hydrogens (tertiary/aromatic N) is 2. The molecule has 0 radical (unpaired) electrons. The highest BCUT2D eigenvalue weighted by molar-refractivity contribution is 8.00. The van der Waals surface area contributed by atoms with Crippen LogP contribution in [0, 0.1) is 0 Å². The number of H-pyrrole nitrogens is 1. The Bertz CT molecular complexity index is 716.